The topological polar surface area (TPSA) is 38.5 Å². The molecule has 0 amide bonds. The van der Waals surface area contributed by atoms with Crippen molar-refractivity contribution in [1.82, 2.24) is 4.90 Å². The van der Waals surface area contributed by atoms with Crippen molar-refractivity contribution in [2.45, 2.75) is 32.4 Å². The van der Waals surface area contributed by atoms with Crippen LogP contribution in [-0.2, 0) is 4.74 Å². The number of nitrogens with zero attached hydrogens (tertiary/aromatic N) is 1. The fourth-order valence-corrected chi connectivity index (χ4v) is 3.66. The number of thiophene rings is 1. The Morgan fingerprint density at radius 2 is 2.41 bits per heavy atom. The van der Waals surface area contributed by atoms with E-state index in [4.69, 9.17) is 10.5 Å². The summed E-state index contributed by atoms with van der Waals surface area (Å²) in [6.45, 7) is 7.96. The molecule has 0 bridgehead atoms. The van der Waals surface area contributed by atoms with Gasteiger partial charge in [0.25, 0.3) is 0 Å². The molecule has 2 N–H and O–H groups in total. The third-order valence-electron chi connectivity index (χ3n) is 3.37. The van der Waals surface area contributed by atoms with E-state index in [9.17, 15) is 0 Å². The standard InChI is InChI=1S/C13H22N2OS/c1-3-5-15-6-7-16-11(9-14)12(15)13-10(2)4-8-17-13/h4,8,11-12H,3,5-7,9,14H2,1-2H3. The van der Waals surface area contributed by atoms with Crippen LogP contribution in [0.4, 0.5) is 0 Å². The molecule has 2 rings (SSSR count). The lowest BCUT2D eigenvalue weighted by Crippen LogP contribution is -2.48. The molecule has 0 aromatic carbocycles. The van der Waals surface area contributed by atoms with Gasteiger partial charge in [-0.15, -0.1) is 11.3 Å². The summed E-state index contributed by atoms with van der Waals surface area (Å²) in [4.78, 5) is 3.95. The molecule has 1 saturated heterocycles. The summed E-state index contributed by atoms with van der Waals surface area (Å²) in [5.74, 6) is 0. The molecule has 0 aliphatic carbocycles. The fourth-order valence-electron chi connectivity index (χ4n) is 2.54. The van der Waals surface area contributed by atoms with E-state index in [1.807, 2.05) is 11.3 Å². The van der Waals surface area contributed by atoms with E-state index in [0.717, 1.165) is 19.7 Å². The van der Waals surface area contributed by atoms with E-state index in [0.29, 0.717) is 12.6 Å². The first kappa shape index (κ1) is 13.0. The van der Waals surface area contributed by atoms with Crippen molar-refractivity contribution in [3.05, 3.63) is 21.9 Å². The van der Waals surface area contributed by atoms with Crippen LogP contribution >= 0.6 is 11.3 Å². The maximum atomic E-state index is 5.86. The molecule has 0 spiro atoms. The molecular formula is C13H22N2OS. The molecule has 1 fully saturated rings. The number of hydrogen-bond acceptors (Lipinski definition) is 4. The highest BCUT2D eigenvalue weighted by Gasteiger charge is 2.33. The van der Waals surface area contributed by atoms with Gasteiger partial charge in [0.2, 0.25) is 0 Å². The van der Waals surface area contributed by atoms with Crippen molar-refractivity contribution in [3.63, 3.8) is 0 Å². The monoisotopic (exact) mass is 254 g/mol. The minimum absolute atomic E-state index is 0.146. The third-order valence-corrected chi connectivity index (χ3v) is 4.46. The number of nitrogens with two attached hydrogens (primary N) is 1. The summed E-state index contributed by atoms with van der Waals surface area (Å²) in [6, 6.07) is 2.54. The van der Waals surface area contributed by atoms with Crippen LogP contribution < -0.4 is 5.73 Å². The highest BCUT2D eigenvalue weighted by atomic mass is 32.1. The van der Waals surface area contributed by atoms with Crippen molar-refractivity contribution in [3.8, 4) is 0 Å². The molecule has 3 nitrogen and oxygen atoms in total. The second-order valence-corrected chi connectivity index (χ2v) is 5.54. The molecule has 2 atom stereocenters. The van der Waals surface area contributed by atoms with E-state index in [1.54, 1.807) is 0 Å². The van der Waals surface area contributed by atoms with Crippen molar-refractivity contribution in [2.75, 3.05) is 26.2 Å². The predicted octanol–water partition coefficient (Wildman–Crippen LogP) is 2.17. The highest BCUT2D eigenvalue weighted by molar-refractivity contribution is 7.10. The maximum Gasteiger partial charge on any atom is 0.0902 e. The lowest BCUT2D eigenvalue weighted by atomic mass is 10.0. The minimum atomic E-state index is 0.146. The van der Waals surface area contributed by atoms with Crippen molar-refractivity contribution < 1.29 is 4.74 Å². The highest BCUT2D eigenvalue weighted by Crippen LogP contribution is 2.34. The third kappa shape index (κ3) is 2.71. The normalized spacial score (nSPS) is 26.3. The Kier molecular flexibility index (Phi) is 4.56. The van der Waals surface area contributed by atoms with E-state index in [-0.39, 0.29) is 6.10 Å². The van der Waals surface area contributed by atoms with Gasteiger partial charge in [-0.05, 0) is 36.9 Å². The van der Waals surface area contributed by atoms with Crippen LogP contribution in [0.3, 0.4) is 0 Å². The van der Waals surface area contributed by atoms with Crippen LogP contribution in [0.5, 0.6) is 0 Å². The van der Waals surface area contributed by atoms with Gasteiger partial charge in [-0.25, -0.2) is 0 Å². The van der Waals surface area contributed by atoms with Gasteiger partial charge in [0.05, 0.1) is 18.8 Å². The Balaban J connectivity index is 2.25. The van der Waals surface area contributed by atoms with Gasteiger partial charge in [-0.3, -0.25) is 4.90 Å². The second-order valence-electron chi connectivity index (χ2n) is 4.59. The number of rotatable bonds is 4. The van der Waals surface area contributed by atoms with Gasteiger partial charge in [-0.2, -0.15) is 0 Å². The van der Waals surface area contributed by atoms with E-state index in [1.165, 1.54) is 16.9 Å². The molecule has 96 valence electrons. The molecule has 1 aromatic rings. The zero-order valence-electron chi connectivity index (χ0n) is 10.7. The van der Waals surface area contributed by atoms with Crippen LogP contribution in [0.1, 0.15) is 29.8 Å². The second kappa shape index (κ2) is 5.96. The first-order chi connectivity index (χ1) is 8.27. The van der Waals surface area contributed by atoms with Crippen molar-refractivity contribution >= 4 is 11.3 Å². The molecule has 0 saturated carbocycles. The van der Waals surface area contributed by atoms with Crippen LogP contribution in [0.2, 0.25) is 0 Å². The quantitative estimate of drug-likeness (QED) is 0.895. The molecular weight excluding hydrogens is 232 g/mol. The van der Waals surface area contributed by atoms with E-state index in [2.05, 4.69) is 30.2 Å². The average molecular weight is 254 g/mol. The molecule has 2 heterocycles. The Morgan fingerprint density at radius 1 is 1.59 bits per heavy atom. The fraction of sp³-hybridized carbons (Fsp3) is 0.692. The number of morpholine rings is 1. The maximum absolute atomic E-state index is 5.86. The molecule has 0 radical (unpaired) electrons. The predicted molar refractivity (Wildman–Crippen MR) is 72.5 cm³/mol. The Labute approximate surface area is 108 Å². The van der Waals surface area contributed by atoms with Gasteiger partial charge in [-0.1, -0.05) is 6.92 Å². The van der Waals surface area contributed by atoms with Crippen LogP contribution in [-0.4, -0.2) is 37.2 Å². The molecule has 1 aliphatic rings. The van der Waals surface area contributed by atoms with Gasteiger partial charge < -0.3 is 10.5 Å². The van der Waals surface area contributed by atoms with Crippen LogP contribution in [0.15, 0.2) is 11.4 Å². The average Bonchev–Trinajstić information content (AvgIpc) is 2.75. The minimum Gasteiger partial charge on any atom is -0.374 e. The van der Waals surface area contributed by atoms with Gasteiger partial charge in [0, 0.05) is 18.0 Å². The van der Waals surface area contributed by atoms with Gasteiger partial charge >= 0.3 is 0 Å². The lowest BCUT2D eigenvalue weighted by molar-refractivity contribution is -0.0666. The smallest absolute Gasteiger partial charge is 0.0902 e. The zero-order valence-corrected chi connectivity index (χ0v) is 11.5. The van der Waals surface area contributed by atoms with Gasteiger partial charge in [0.1, 0.15) is 0 Å². The SMILES string of the molecule is CCCN1CCOC(CN)C1c1sccc1C. The molecule has 2 unspecified atom stereocenters. The van der Waals surface area contributed by atoms with Gasteiger partial charge in [0.15, 0.2) is 0 Å². The Bertz CT molecular complexity index is 351. The molecule has 4 heteroatoms. The molecule has 1 aromatic heterocycles. The zero-order chi connectivity index (χ0) is 12.3. The molecule has 1 aliphatic heterocycles. The van der Waals surface area contributed by atoms with Crippen molar-refractivity contribution in [2.24, 2.45) is 5.73 Å². The summed E-state index contributed by atoms with van der Waals surface area (Å²) in [7, 11) is 0. The van der Waals surface area contributed by atoms with Crippen LogP contribution in [0, 0.1) is 6.92 Å². The molecule has 17 heavy (non-hydrogen) atoms. The van der Waals surface area contributed by atoms with E-state index < -0.39 is 0 Å². The summed E-state index contributed by atoms with van der Waals surface area (Å²) >= 11 is 1.83. The number of aryl methyl sites for hydroxylation is 1. The summed E-state index contributed by atoms with van der Waals surface area (Å²) in [5.41, 5.74) is 7.23. The largest absolute Gasteiger partial charge is 0.374 e. The van der Waals surface area contributed by atoms with Crippen molar-refractivity contribution in [1.29, 1.82) is 0 Å². The number of ether oxygens (including phenoxy) is 1. The van der Waals surface area contributed by atoms with E-state index >= 15 is 0 Å². The van der Waals surface area contributed by atoms with Crippen LogP contribution in [0.25, 0.3) is 0 Å². The summed E-state index contributed by atoms with van der Waals surface area (Å²) < 4.78 is 5.84. The summed E-state index contributed by atoms with van der Waals surface area (Å²) in [6.07, 6.45) is 1.32. The number of hydrogen-bond donors (Lipinski definition) is 1. The Hall–Kier alpha value is -0.420. The first-order valence-corrected chi connectivity index (χ1v) is 7.25. The lowest BCUT2D eigenvalue weighted by Gasteiger charge is -2.40. The Morgan fingerprint density at radius 3 is 3.00 bits per heavy atom. The summed E-state index contributed by atoms with van der Waals surface area (Å²) in [5, 5.41) is 2.16. The first-order valence-electron chi connectivity index (χ1n) is 6.37.